The molecular weight excluding hydrogens is 587 g/mol. The largest absolute Gasteiger partial charge is 0.466 e. The van der Waals surface area contributed by atoms with Crippen LogP contribution in [0.25, 0.3) is 11.3 Å². The lowest BCUT2D eigenvalue weighted by Gasteiger charge is -2.22. The van der Waals surface area contributed by atoms with Crippen LogP contribution in [-0.4, -0.2) is 83.6 Å². The molecule has 228 valence electrons. The third-order valence-electron chi connectivity index (χ3n) is 8.71. The van der Waals surface area contributed by atoms with E-state index in [2.05, 4.69) is 37.8 Å². The fourth-order valence-corrected chi connectivity index (χ4v) is 6.98. The van der Waals surface area contributed by atoms with Gasteiger partial charge in [-0.05, 0) is 94.5 Å². The van der Waals surface area contributed by atoms with Crippen molar-refractivity contribution in [1.29, 1.82) is 0 Å². The van der Waals surface area contributed by atoms with E-state index >= 15 is 0 Å². The maximum absolute atomic E-state index is 12.3. The van der Waals surface area contributed by atoms with Crippen molar-refractivity contribution >= 4 is 35.1 Å². The number of aromatic nitrogens is 3. The highest BCUT2D eigenvalue weighted by Gasteiger charge is 2.55. The number of ether oxygens (including phenoxy) is 2. The van der Waals surface area contributed by atoms with E-state index in [0.29, 0.717) is 46.1 Å². The summed E-state index contributed by atoms with van der Waals surface area (Å²) in [6, 6.07) is 9.46. The van der Waals surface area contributed by atoms with Gasteiger partial charge in [-0.25, -0.2) is 15.0 Å². The van der Waals surface area contributed by atoms with Crippen molar-refractivity contribution in [3.63, 3.8) is 0 Å². The molecular formula is C32H38Cl2N6O3. The number of rotatable bonds is 8. The molecule has 0 amide bonds. The number of likely N-dealkylation sites (N-methyl/N-ethyl adjacent to an activating group) is 1. The molecule has 3 aromatic rings. The first-order chi connectivity index (χ1) is 20.9. The maximum atomic E-state index is 12.3. The van der Waals surface area contributed by atoms with Crippen LogP contribution in [-0.2, 0) is 16.1 Å². The van der Waals surface area contributed by atoms with Crippen molar-refractivity contribution in [1.82, 2.24) is 24.8 Å². The number of hydrogen-bond acceptors (Lipinski definition) is 9. The van der Waals surface area contributed by atoms with E-state index in [0.717, 1.165) is 81.9 Å². The Morgan fingerprint density at radius 1 is 0.930 bits per heavy atom. The number of nitrogens with zero attached hydrogens (tertiary/aromatic N) is 6. The lowest BCUT2D eigenvalue weighted by molar-refractivity contribution is -0.145. The van der Waals surface area contributed by atoms with Gasteiger partial charge < -0.3 is 19.3 Å². The first-order valence-electron chi connectivity index (χ1n) is 15.2. The highest BCUT2D eigenvalue weighted by molar-refractivity contribution is 6.35. The van der Waals surface area contributed by atoms with Crippen molar-refractivity contribution in [2.24, 2.45) is 17.8 Å². The van der Waals surface area contributed by atoms with Gasteiger partial charge in [0.25, 0.3) is 0 Å². The number of carbonyl (C=O) groups is 1. The predicted octanol–water partition coefficient (Wildman–Crippen LogP) is 5.80. The highest BCUT2D eigenvalue weighted by atomic mass is 35.5. The third kappa shape index (κ3) is 7.40. The normalized spacial score (nSPS) is 22.8. The van der Waals surface area contributed by atoms with Gasteiger partial charge in [-0.2, -0.15) is 0 Å². The molecule has 9 nitrogen and oxygen atoms in total. The van der Waals surface area contributed by atoms with Crippen LogP contribution in [0.1, 0.15) is 31.7 Å². The van der Waals surface area contributed by atoms with Crippen LogP contribution in [0.5, 0.6) is 11.6 Å². The zero-order valence-electron chi connectivity index (χ0n) is 24.7. The molecule has 2 aliphatic heterocycles. The Labute approximate surface area is 263 Å². The van der Waals surface area contributed by atoms with E-state index < -0.39 is 0 Å². The Kier molecular flexibility index (Phi) is 9.33. The standard InChI is InChI=1S/C32H38Cl2N6O3/c1-3-42-31(41)30-26-5-9-39(10-6-27(26)30)20-21-13-28(22-15-23(33)17-24(34)16-22)37-29(14-21)43-25-18-35-32(36-19-25)40-8-4-7-38(2)11-12-40/h13-19,26-27,30H,3-12,20H2,1-2H3. The Hall–Kier alpha value is -2.98. The van der Waals surface area contributed by atoms with Gasteiger partial charge in [0, 0.05) is 47.9 Å². The van der Waals surface area contributed by atoms with Crippen LogP contribution >= 0.6 is 23.2 Å². The van der Waals surface area contributed by atoms with Crippen molar-refractivity contribution in [3.8, 4) is 22.9 Å². The summed E-state index contributed by atoms with van der Waals surface area (Å²) in [5.41, 5.74) is 2.61. The fourth-order valence-electron chi connectivity index (χ4n) is 6.46. The smallest absolute Gasteiger partial charge is 0.309 e. The van der Waals surface area contributed by atoms with E-state index in [1.54, 1.807) is 18.5 Å². The zero-order chi connectivity index (χ0) is 29.9. The molecule has 3 aliphatic rings. The van der Waals surface area contributed by atoms with Gasteiger partial charge in [-0.15, -0.1) is 0 Å². The Bertz CT molecular complexity index is 1410. The van der Waals surface area contributed by atoms with Crippen molar-refractivity contribution in [2.45, 2.75) is 32.7 Å². The van der Waals surface area contributed by atoms with Gasteiger partial charge >= 0.3 is 5.97 Å². The molecule has 43 heavy (non-hydrogen) atoms. The second-order valence-corrected chi connectivity index (χ2v) is 12.7. The van der Waals surface area contributed by atoms with Gasteiger partial charge in [0.05, 0.1) is 30.6 Å². The topological polar surface area (TPSA) is 83.9 Å². The van der Waals surface area contributed by atoms with Crippen molar-refractivity contribution in [2.75, 3.05) is 57.8 Å². The molecule has 1 saturated carbocycles. The molecule has 11 heteroatoms. The molecule has 2 unspecified atom stereocenters. The number of benzene rings is 1. The molecule has 1 aliphatic carbocycles. The molecule has 1 aromatic carbocycles. The van der Waals surface area contributed by atoms with Crippen LogP contribution in [0, 0.1) is 17.8 Å². The number of fused-ring (bicyclic) bond motifs is 1. The molecule has 4 heterocycles. The number of hydrogen-bond donors (Lipinski definition) is 0. The summed E-state index contributed by atoms with van der Waals surface area (Å²) in [6.45, 7) is 8.79. The molecule has 0 N–H and O–H groups in total. The van der Waals surface area contributed by atoms with Gasteiger partial charge in [0.2, 0.25) is 11.8 Å². The minimum absolute atomic E-state index is 0.0252. The van der Waals surface area contributed by atoms with Crippen LogP contribution < -0.4 is 9.64 Å². The molecule has 2 saturated heterocycles. The van der Waals surface area contributed by atoms with Gasteiger partial charge in [0.15, 0.2) is 5.75 Å². The second-order valence-electron chi connectivity index (χ2n) is 11.8. The minimum atomic E-state index is -0.0252. The Morgan fingerprint density at radius 3 is 2.35 bits per heavy atom. The van der Waals surface area contributed by atoms with Crippen molar-refractivity contribution in [3.05, 3.63) is 58.3 Å². The Balaban J connectivity index is 1.19. The van der Waals surface area contributed by atoms with Crippen LogP contribution in [0.3, 0.4) is 0 Å². The lowest BCUT2D eigenvalue weighted by Crippen LogP contribution is -2.30. The summed E-state index contributed by atoms with van der Waals surface area (Å²) in [6.07, 6.45) is 6.49. The summed E-state index contributed by atoms with van der Waals surface area (Å²) in [5, 5.41) is 1.09. The zero-order valence-corrected chi connectivity index (χ0v) is 26.2. The van der Waals surface area contributed by atoms with E-state index in [-0.39, 0.29) is 11.9 Å². The monoisotopic (exact) mass is 624 g/mol. The SMILES string of the molecule is CCOC(=O)C1C2CCN(Cc3cc(Oc4cnc(N5CCCN(C)CC5)nc4)nc(-c4cc(Cl)cc(Cl)c4)c3)CCC21. The third-order valence-corrected chi connectivity index (χ3v) is 9.15. The number of carbonyl (C=O) groups excluding carboxylic acids is 1. The number of anilines is 1. The van der Waals surface area contributed by atoms with Crippen LogP contribution in [0.15, 0.2) is 42.7 Å². The molecule has 6 rings (SSSR count). The summed E-state index contributed by atoms with van der Waals surface area (Å²) in [5.74, 6) is 2.61. The average molecular weight is 626 g/mol. The summed E-state index contributed by atoms with van der Waals surface area (Å²) in [7, 11) is 2.14. The number of halogens is 2. The van der Waals surface area contributed by atoms with E-state index in [1.807, 2.05) is 25.1 Å². The summed E-state index contributed by atoms with van der Waals surface area (Å²) in [4.78, 5) is 33.3. The molecule has 0 spiro atoms. The number of likely N-dealkylation sites (tertiary alicyclic amines) is 1. The minimum Gasteiger partial charge on any atom is -0.466 e. The van der Waals surface area contributed by atoms with E-state index in [9.17, 15) is 4.79 Å². The molecule has 2 aromatic heterocycles. The molecule has 2 atom stereocenters. The summed E-state index contributed by atoms with van der Waals surface area (Å²) < 4.78 is 11.5. The van der Waals surface area contributed by atoms with Crippen molar-refractivity contribution < 1.29 is 14.3 Å². The fraction of sp³-hybridized carbons (Fsp3) is 0.500. The lowest BCUT2D eigenvalue weighted by atomic mass is 10.1. The molecule has 3 fully saturated rings. The van der Waals surface area contributed by atoms with Gasteiger partial charge in [-0.1, -0.05) is 23.2 Å². The average Bonchev–Trinajstić information content (AvgIpc) is 3.75. The van der Waals surface area contributed by atoms with Crippen LogP contribution in [0.2, 0.25) is 10.0 Å². The number of pyridine rings is 1. The van der Waals surface area contributed by atoms with E-state index in [4.69, 9.17) is 37.7 Å². The maximum Gasteiger partial charge on any atom is 0.309 e. The first kappa shape index (κ1) is 30.1. The second kappa shape index (κ2) is 13.3. The predicted molar refractivity (Wildman–Crippen MR) is 168 cm³/mol. The van der Waals surface area contributed by atoms with E-state index in [1.165, 1.54) is 0 Å². The van der Waals surface area contributed by atoms with Gasteiger partial charge in [0.1, 0.15) is 0 Å². The molecule has 0 radical (unpaired) electrons. The number of esters is 1. The summed E-state index contributed by atoms with van der Waals surface area (Å²) >= 11 is 12.7. The first-order valence-corrected chi connectivity index (χ1v) is 15.9. The van der Waals surface area contributed by atoms with Crippen LogP contribution in [0.4, 0.5) is 5.95 Å². The van der Waals surface area contributed by atoms with Gasteiger partial charge in [-0.3, -0.25) is 9.69 Å². The Morgan fingerprint density at radius 2 is 1.65 bits per heavy atom. The highest BCUT2D eigenvalue weighted by Crippen LogP contribution is 2.53. The molecule has 0 bridgehead atoms. The quantitative estimate of drug-likeness (QED) is 0.289.